The highest BCUT2D eigenvalue weighted by Gasteiger charge is 2.43. The van der Waals surface area contributed by atoms with Gasteiger partial charge in [-0.05, 0) is 44.4 Å². The molecule has 0 spiro atoms. The number of hydrogen-bond donors (Lipinski definition) is 1. The van der Waals surface area contributed by atoms with Crippen molar-refractivity contribution in [2.75, 3.05) is 13.1 Å². The van der Waals surface area contributed by atoms with Gasteiger partial charge in [0.25, 0.3) is 0 Å². The molecule has 3 unspecified atom stereocenters. The maximum Gasteiger partial charge on any atom is 0.393 e. The molecule has 0 radical (unpaired) electrons. The number of fused-ring (bicyclic) bond motifs is 2. The van der Waals surface area contributed by atoms with Gasteiger partial charge in [0.2, 0.25) is 5.91 Å². The summed E-state index contributed by atoms with van der Waals surface area (Å²) < 4.78 is 38.4. The Kier molecular flexibility index (Phi) is 4.17. The van der Waals surface area contributed by atoms with Crippen LogP contribution in [0, 0.1) is 11.8 Å². The van der Waals surface area contributed by atoms with Crippen LogP contribution in [0.4, 0.5) is 13.2 Å². The molecule has 3 nitrogen and oxygen atoms in total. The van der Waals surface area contributed by atoms with Crippen LogP contribution in [0.5, 0.6) is 0 Å². The van der Waals surface area contributed by atoms with Gasteiger partial charge in [0.15, 0.2) is 0 Å². The number of carbonyl (C=O) groups excluding carboxylic acids is 1. The standard InChI is InChI=1S/C15H23F3N2O/c16-15(17,18)11-2-1-5-20(9-11)14(21)8-10-6-12-3-4-13(7-10)19-12/h10-13,19H,1-9H2. The Morgan fingerprint density at radius 2 is 1.81 bits per heavy atom. The summed E-state index contributed by atoms with van der Waals surface area (Å²) in [6.45, 7) is 0.351. The molecule has 0 aromatic rings. The molecule has 2 bridgehead atoms. The van der Waals surface area contributed by atoms with Crippen molar-refractivity contribution < 1.29 is 18.0 Å². The first-order valence-corrected chi connectivity index (χ1v) is 8.02. The number of alkyl halides is 3. The largest absolute Gasteiger partial charge is 0.393 e. The molecule has 3 fully saturated rings. The van der Waals surface area contributed by atoms with Crippen molar-refractivity contribution in [1.29, 1.82) is 0 Å². The molecule has 3 heterocycles. The van der Waals surface area contributed by atoms with Crippen LogP contribution >= 0.6 is 0 Å². The van der Waals surface area contributed by atoms with Crippen LogP contribution in [0.15, 0.2) is 0 Å². The van der Waals surface area contributed by atoms with E-state index in [1.54, 1.807) is 0 Å². The number of nitrogens with one attached hydrogen (secondary N) is 1. The summed E-state index contributed by atoms with van der Waals surface area (Å²) in [6.07, 6.45) is 1.23. The van der Waals surface area contributed by atoms with Crippen LogP contribution in [0.3, 0.4) is 0 Å². The van der Waals surface area contributed by atoms with Gasteiger partial charge in [-0.2, -0.15) is 13.2 Å². The normalized spacial score (nSPS) is 36.8. The van der Waals surface area contributed by atoms with Gasteiger partial charge in [0.05, 0.1) is 5.92 Å². The van der Waals surface area contributed by atoms with E-state index in [9.17, 15) is 18.0 Å². The topological polar surface area (TPSA) is 32.3 Å². The molecule has 0 aliphatic carbocycles. The molecule has 3 aliphatic rings. The van der Waals surface area contributed by atoms with Crippen molar-refractivity contribution in [1.82, 2.24) is 10.2 Å². The van der Waals surface area contributed by atoms with E-state index in [1.807, 2.05) is 0 Å². The van der Waals surface area contributed by atoms with Crippen molar-refractivity contribution in [3.8, 4) is 0 Å². The lowest BCUT2D eigenvalue weighted by atomic mass is 9.88. The van der Waals surface area contributed by atoms with Crippen LogP contribution in [-0.4, -0.2) is 42.2 Å². The highest BCUT2D eigenvalue weighted by molar-refractivity contribution is 5.76. The minimum Gasteiger partial charge on any atom is -0.342 e. The molecule has 6 heteroatoms. The van der Waals surface area contributed by atoms with E-state index in [0.29, 0.717) is 37.4 Å². The Morgan fingerprint density at radius 1 is 1.14 bits per heavy atom. The first-order chi connectivity index (χ1) is 9.91. The van der Waals surface area contributed by atoms with Gasteiger partial charge in [-0.3, -0.25) is 4.79 Å². The van der Waals surface area contributed by atoms with Gasteiger partial charge < -0.3 is 10.2 Å². The fraction of sp³-hybridized carbons (Fsp3) is 0.933. The molecule has 3 rings (SSSR count). The summed E-state index contributed by atoms with van der Waals surface area (Å²) in [7, 11) is 0. The number of rotatable bonds is 2. The molecule has 0 saturated carbocycles. The number of likely N-dealkylation sites (tertiary alicyclic amines) is 1. The lowest BCUT2D eigenvalue weighted by molar-refractivity contribution is -0.188. The molecule has 120 valence electrons. The second-order valence-corrected chi connectivity index (χ2v) is 6.90. The molecule has 1 amide bonds. The van der Waals surface area contributed by atoms with Gasteiger partial charge >= 0.3 is 6.18 Å². The highest BCUT2D eigenvalue weighted by Crippen LogP contribution is 2.35. The zero-order valence-corrected chi connectivity index (χ0v) is 12.2. The van der Waals surface area contributed by atoms with E-state index in [-0.39, 0.29) is 18.9 Å². The first-order valence-electron chi connectivity index (χ1n) is 8.02. The second kappa shape index (κ2) is 5.78. The third-order valence-electron chi connectivity index (χ3n) is 5.27. The fourth-order valence-corrected chi connectivity index (χ4v) is 4.19. The fourth-order valence-electron chi connectivity index (χ4n) is 4.19. The third kappa shape index (κ3) is 3.52. The van der Waals surface area contributed by atoms with E-state index < -0.39 is 12.1 Å². The summed E-state index contributed by atoms with van der Waals surface area (Å²) in [4.78, 5) is 13.8. The Morgan fingerprint density at radius 3 is 2.43 bits per heavy atom. The number of halogens is 3. The summed E-state index contributed by atoms with van der Waals surface area (Å²) in [5.74, 6) is -1.06. The van der Waals surface area contributed by atoms with E-state index in [0.717, 1.165) is 12.8 Å². The van der Waals surface area contributed by atoms with Gasteiger partial charge in [-0.25, -0.2) is 0 Å². The average Bonchev–Trinajstić information content (AvgIpc) is 2.77. The number of piperidine rings is 2. The Balaban J connectivity index is 1.53. The molecule has 1 N–H and O–H groups in total. The molecule has 3 aliphatic heterocycles. The van der Waals surface area contributed by atoms with Crippen LogP contribution in [0.2, 0.25) is 0 Å². The zero-order chi connectivity index (χ0) is 15.0. The molecular weight excluding hydrogens is 281 g/mol. The van der Waals surface area contributed by atoms with Crippen LogP contribution in [0.25, 0.3) is 0 Å². The maximum absolute atomic E-state index is 12.8. The minimum absolute atomic E-state index is 0.0738. The summed E-state index contributed by atoms with van der Waals surface area (Å²) in [5, 5.41) is 3.53. The third-order valence-corrected chi connectivity index (χ3v) is 5.27. The number of amides is 1. The van der Waals surface area contributed by atoms with Crippen molar-refractivity contribution in [3.05, 3.63) is 0 Å². The Bertz CT molecular complexity index is 387. The van der Waals surface area contributed by atoms with Gasteiger partial charge in [0, 0.05) is 31.6 Å². The SMILES string of the molecule is O=C(CC1CC2CCC(C1)N2)N1CCCC(C(F)(F)F)C1. The summed E-state index contributed by atoms with van der Waals surface area (Å²) in [5.41, 5.74) is 0. The summed E-state index contributed by atoms with van der Waals surface area (Å²) in [6, 6.07) is 1.04. The second-order valence-electron chi connectivity index (χ2n) is 6.90. The summed E-state index contributed by atoms with van der Waals surface area (Å²) >= 11 is 0. The van der Waals surface area contributed by atoms with Crippen LogP contribution in [0.1, 0.15) is 44.9 Å². The van der Waals surface area contributed by atoms with E-state index in [2.05, 4.69) is 5.32 Å². The quantitative estimate of drug-likeness (QED) is 0.851. The Hall–Kier alpha value is -0.780. The molecule has 0 aromatic heterocycles. The Labute approximate surface area is 123 Å². The molecule has 21 heavy (non-hydrogen) atoms. The average molecular weight is 304 g/mol. The molecule has 3 atom stereocenters. The molecule has 0 aromatic carbocycles. The number of carbonyl (C=O) groups is 1. The lowest BCUT2D eigenvalue weighted by Gasteiger charge is -2.35. The zero-order valence-electron chi connectivity index (χ0n) is 12.2. The highest BCUT2D eigenvalue weighted by atomic mass is 19.4. The van der Waals surface area contributed by atoms with Gasteiger partial charge in [-0.1, -0.05) is 0 Å². The van der Waals surface area contributed by atoms with E-state index in [1.165, 1.54) is 17.7 Å². The van der Waals surface area contributed by atoms with Crippen LogP contribution < -0.4 is 5.32 Å². The van der Waals surface area contributed by atoms with E-state index >= 15 is 0 Å². The molecular formula is C15H23F3N2O. The first kappa shape index (κ1) is 15.1. The van der Waals surface area contributed by atoms with Gasteiger partial charge in [0.1, 0.15) is 0 Å². The minimum atomic E-state index is -4.17. The van der Waals surface area contributed by atoms with Crippen molar-refractivity contribution >= 4 is 5.91 Å². The van der Waals surface area contributed by atoms with Crippen molar-refractivity contribution in [2.45, 2.75) is 63.2 Å². The van der Waals surface area contributed by atoms with Crippen molar-refractivity contribution in [2.24, 2.45) is 11.8 Å². The lowest BCUT2D eigenvalue weighted by Crippen LogP contribution is -2.46. The smallest absolute Gasteiger partial charge is 0.342 e. The van der Waals surface area contributed by atoms with Gasteiger partial charge in [-0.15, -0.1) is 0 Å². The predicted molar refractivity (Wildman–Crippen MR) is 72.6 cm³/mol. The monoisotopic (exact) mass is 304 g/mol. The number of hydrogen-bond acceptors (Lipinski definition) is 2. The van der Waals surface area contributed by atoms with Crippen LogP contribution in [-0.2, 0) is 4.79 Å². The number of nitrogens with zero attached hydrogens (tertiary/aromatic N) is 1. The predicted octanol–water partition coefficient (Wildman–Crippen LogP) is 2.71. The molecule has 3 saturated heterocycles. The van der Waals surface area contributed by atoms with Crippen molar-refractivity contribution in [3.63, 3.8) is 0 Å². The van der Waals surface area contributed by atoms with E-state index in [4.69, 9.17) is 0 Å². The maximum atomic E-state index is 12.8.